The molecule has 112 valence electrons. The maximum absolute atomic E-state index is 6.08. The van der Waals surface area contributed by atoms with E-state index in [1.165, 1.54) is 16.3 Å². The average molecular weight is 290 g/mol. The van der Waals surface area contributed by atoms with Crippen LogP contribution in [0.1, 0.15) is 25.8 Å². The van der Waals surface area contributed by atoms with Crippen LogP contribution in [-0.4, -0.2) is 6.61 Å². The summed E-state index contributed by atoms with van der Waals surface area (Å²) in [6, 6.07) is 25.2. The van der Waals surface area contributed by atoms with E-state index in [1.54, 1.807) is 0 Å². The molecule has 1 heteroatoms. The Kier molecular flexibility index (Phi) is 4.15. The Hall–Kier alpha value is -2.28. The Labute approximate surface area is 132 Å². The number of ether oxygens (including phenoxy) is 1. The first-order valence-electron chi connectivity index (χ1n) is 7.83. The fourth-order valence-electron chi connectivity index (χ4n) is 2.77. The molecule has 0 aliphatic rings. The molecule has 0 heterocycles. The highest BCUT2D eigenvalue weighted by molar-refractivity contribution is 5.88. The van der Waals surface area contributed by atoms with Gasteiger partial charge in [0.25, 0.3) is 0 Å². The van der Waals surface area contributed by atoms with Crippen LogP contribution in [0, 0.1) is 0 Å². The largest absolute Gasteiger partial charge is 0.493 e. The molecule has 22 heavy (non-hydrogen) atoms. The minimum Gasteiger partial charge on any atom is -0.493 e. The summed E-state index contributed by atoms with van der Waals surface area (Å²) in [5, 5.41) is 2.41. The molecule has 0 unspecified atom stereocenters. The molecule has 0 radical (unpaired) electrons. The summed E-state index contributed by atoms with van der Waals surface area (Å²) in [6.45, 7) is 5.26. The molecule has 0 N–H and O–H groups in total. The van der Waals surface area contributed by atoms with Crippen molar-refractivity contribution in [1.29, 1.82) is 0 Å². The summed E-state index contributed by atoms with van der Waals surface area (Å²) < 4.78 is 6.08. The molecule has 0 amide bonds. The standard InChI is InChI=1S/C21H22O/c1-21(2,18-11-4-3-5-12-18)15-16-22-20-14-8-10-17-9-6-7-13-19(17)20/h3-14H,15-16H2,1-2H3. The van der Waals surface area contributed by atoms with Crippen LogP contribution in [0.5, 0.6) is 5.75 Å². The molecular weight excluding hydrogens is 268 g/mol. The van der Waals surface area contributed by atoms with Crippen molar-refractivity contribution in [3.63, 3.8) is 0 Å². The monoisotopic (exact) mass is 290 g/mol. The molecule has 0 saturated carbocycles. The van der Waals surface area contributed by atoms with Gasteiger partial charge in [-0.25, -0.2) is 0 Å². The Morgan fingerprint density at radius 3 is 2.27 bits per heavy atom. The van der Waals surface area contributed by atoms with Crippen LogP contribution in [0.4, 0.5) is 0 Å². The predicted octanol–water partition coefficient (Wildman–Crippen LogP) is 5.59. The third kappa shape index (κ3) is 3.14. The third-order valence-corrected chi connectivity index (χ3v) is 4.29. The topological polar surface area (TPSA) is 9.23 Å². The van der Waals surface area contributed by atoms with E-state index in [0.29, 0.717) is 0 Å². The third-order valence-electron chi connectivity index (χ3n) is 4.29. The second-order valence-electron chi connectivity index (χ2n) is 6.33. The van der Waals surface area contributed by atoms with E-state index in [-0.39, 0.29) is 5.41 Å². The second-order valence-corrected chi connectivity index (χ2v) is 6.33. The lowest BCUT2D eigenvalue weighted by atomic mass is 9.82. The van der Waals surface area contributed by atoms with E-state index < -0.39 is 0 Å². The minimum atomic E-state index is 0.117. The van der Waals surface area contributed by atoms with Crippen molar-refractivity contribution >= 4 is 10.8 Å². The van der Waals surface area contributed by atoms with Crippen molar-refractivity contribution < 1.29 is 4.74 Å². The fraction of sp³-hybridized carbons (Fsp3) is 0.238. The van der Waals surface area contributed by atoms with E-state index >= 15 is 0 Å². The number of benzene rings is 3. The first-order chi connectivity index (χ1) is 10.7. The number of fused-ring (bicyclic) bond motifs is 1. The zero-order valence-corrected chi connectivity index (χ0v) is 13.3. The van der Waals surface area contributed by atoms with Gasteiger partial charge in [0, 0.05) is 5.39 Å². The lowest BCUT2D eigenvalue weighted by Crippen LogP contribution is -2.20. The molecule has 0 bridgehead atoms. The van der Waals surface area contributed by atoms with Gasteiger partial charge in [-0.3, -0.25) is 0 Å². The first kappa shape index (κ1) is 14.6. The summed E-state index contributed by atoms with van der Waals surface area (Å²) in [5.41, 5.74) is 1.47. The predicted molar refractivity (Wildman–Crippen MR) is 93.5 cm³/mol. The molecule has 0 aliphatic carbocycles. The summed E-state index contributed by atoms with van der Waals surface area (Å²) in [7, 11) is 0. The maximum atomic E-state index is 6.08. The Morgan fingerprint density at radius 2 is 1.45 bits per heavy atom. The van der Waals surface area contributed by atoms with Crippen LogP contribution in [0.15, 0.2) is 72.8 Å². The minimum absolute atomic E-state index is 0.117. The molecule has 0 fully saturated rings. The van der Waals surface area contributed by atoms with Gasteiger partial charge in [-0.1, -0.05) is 80.6 Å². The van der Waals surface area contributed by atoms with Gasteiger partial charge in [0.2, 0.25) is 0 Å². The van der Waals surface area contributed by atoms with Crippen molar-refractivity contribution in [3.05, 3.63) is 78.4 Å². The quantitative estimate of drug-likeness (QED) is 0.595. The van der Waals surface area contributed by atoms with Crippen LogP contribution in [0.2, 0.25) is 0 Å². The zero-order valence-electron chi connectivity index (χ0n) is 13.3. The van der Waals surface area contributed by atoms with Gasteiger partial charge >= 0.3 is 0 Å². The van der Waals surface area contributed by atoms with Gasteiger partial charge < -0.3 is 4.74 Å². The van der Waals surface area contributed by atoms with Gasteiger partial charge in [-0.15, -0.1) is 0 Å². The first-order valence-corrected chi connectivity index (χ1v) is 7.83. The van der Waals surface area contributed by atoms with Crippen molar-refractivity contribution in [1.82, 2.24) is 0 Å². The Balaban J connectivity index is 1.70. The number of hydrogen-bond donors (Lipinski definition) is 0. The van der Waals surface area contributed by atoms with E-state index in [4.69, 9.17) is 4.74 Å². The molecule has 3 aromatic rings. The van der Waals surface area contributed by atoms with Crippen molar-refractivity contribution in [2.45, 2.75) is 25.7 Å². The smallest absolute Gasteiger partial charge is 0.127 e. The fourth-order valence-corrected chi connectivity index (χ4v) is 2.77. The van der Waals surface area contributed by atoms with E-state index in [1.807, 2.05) is 0 Å². The molecule has 0 saturated heterocycles. The highest BCUT2D eigenvalue weighted by atomic mass is 16.5. The molecule has 1 nitrogen and oxygen atoms in total. The summed E-state index contributed by atoms with van der Waals surface area (Å²) >= 11 is 0. The van der Waals surface area contributed by atoms with Crippen LogP contribution < -0.4 is 4.74 Å². The lowest BCUT2D eigenvalue weighted by Gasteiger charge is -2.25. The summed E-state index contributed by atoms with van der Waals surface area (Å²) in [4.78, 5) is 0. The summed E-state index contributed by atoms with van der Waals surface area (Å²) in [6.07, 6.45) is 0.986. The second kappa shape index (κ2) is 6.23. The number of hydrogen-bond acceptors (Lipinski definition) is 1. The molecule has 3 rings (SSSR count). The van der Waals surface area contributed by atoms with Gasteiger partial charge in [0.15, 0.2) is 0 Å². The Morgan fingerprint density at radius 1 is 0.773 bits per heavy atom. The van der Waals surface area contributed by atoms with Crippen LogP contribution in [-0.2, 0) is 5.41 Å². The molecule has 0 atom stereocenters. The summed E-state index contributed by atoms with van der Waals surface area (Å²) in [5.74, 6) is 0.974. The lowest BCUT2D eigenvalue weighted by molar-refractivity contribution is 0.275. The van der Waals surface area contributed by atoms with Gasteiger partial charge in [0.1, 0.15) is 5.75 Å². The molecular formula is C21H22O. The Bertz CT molecular complexity index is 739. The van der Waals surface area contributed by atoms with Crippen molar-refractivity contribution in [3.8, 4) is 5.75 Å². The van der Waals surface area contributed by atoms with Crippen molar-refractivity contribution in [2.75, 3.05) is 6.61 Å². The SMILES string of the molecule is CC(C)(CCOc1cccc2ccccc12)c1ccccc1. The van der Waals surface area contributed by atoms with Crippen LogP contribution >= 0.6 is 0 Å². The van der Waals surface area contributed by atoms with Crippen molar-refractivity contribution in [2.24, 2.45) is 0 Å². The highest BCUT2D eigenvalue weighted by Gasteiger charge is 2.20. The normalized spacial score (nSPS) is 11.5. The van der Waals surface area contributed by atoms with E-state index in [2.05, 4.69) is 86.6 Å². The van der Waals surface area contributed by atoms with E-state index in [0.717, 1.165) is 18.8 Å². The molecule has 0 aromatic heterocycles. The van der Waals surface area contributed by atoms with Gasteiger partial charge in [0.05, 0.1) is 6.61 Å². The van der Waals surface area contributed by atoms with Gasteiger partial charge in [-0.2, -0.15) is 0 Å². The highest BCUT2D eigenvalue weighted by Crippen LogP contribution is 2.29. The van der Waals surface area contributed by atoms with Gasteiger partial charge in [-0.05, 0) is 28.9 Å². The zero-order chi connectivity index (χ0) is 15.4. The average Bonchev–Trinajstić information content (AvgIpc) is 2.56. The molecule has 3 aromatic carbocycles. The van der Waals surface area contributed by atoms with E-state index in [9.17, 15) is 0 Å². The van der Waals surface area contributed by atoms with Crippen LogP contribution in [0.3, 0.4) is 0 Å². The molecule has 0 spiro atoms. The molecule has 0 aliphatic heterocycles. The number of rotatable bonds is 5. The maximum Gasteiger partial charge on any atom is 0.127 e. The van der Waals surface area contributed by atoms with Crippen LogP contribution in [0.25, 0.3) is 10.8 Å².